The quantitative estimate of drug-likeness (QED) is 0.909. The summed E-state index contributed by atoms with van der Waals surface area (Å²) in [6.45, 7) is 5.29. The Morgan fingerprint density at radius 1 is 1.35 bits per heavy atom. The van der Waals surface area contributed by atoms with Crippen molar-refractivity contribution in [2.24, 2.45) is 11.8 Å². The summed E-state index contributed by atoms with van der Waals surface area (Å²) in [6.07, 6.45) is 1.86. The van der Waals surface area contributed by atoms with Crippen molar-refractivity contribution in [3.63, 3.8) is 0 Å². The van der Waals surface area contributed by atoms with Gasteiger partial charge in [0.15, 0.2) is 0 Å². The fourth-order valence-electron chi connectivity index (χ4n) is 3.65. The monoisotopic (exact) mass is 358 g/mol. The van der Waals surface area contributed by atoms with Gasteiger partial charge in [-0.3, -0.25) is 4.79 Å². The minimum Gasteiger partial charge on any atom is -0.342 e. The van der Waals surface area contributed by atoms with Gasteiger partial charge in [-0.25, -0.2) is 4.39 Å². The lowest BCUT2D eigenvalue weighted by Crippen LogP contribution is -2.51. The predicted molar refractivity (Wildman–Crippen MR) is 93.8 cm³/mol. The minimum absolute atomic E-state index is 0.0486. The Bertz CT molecular complexity index is 772. The summed E-state index contributed by atoms with van der Waals surface area (Å²) in [5, 5.41) is 7.26. The molecule has 0 radical (unpaired) electrons. The van der Waals surface area contributed by atoms with Crippen LogP contribution in [-0.4, -0.2) is 47.1 Å². The Labute approximate surface area is 151 Å². The van der Waals surface area contributed by atoms with E-state index in [4.69, 9.17) is 4.52 Å². The molecule has 0 bridgehead atoms. The van der Waals surface area contributed by atoms with Crippen LogP contribution in [0.3, 0.4) is 0 Å². The van der Waals surface area contributed by atoms with Crippen molar-refractivity contribution < 1.29 is 13.7 Å². The highest BCUT2D eigenvalue weighted by Gasteiger charge is 2.35. The number of nitrogens with one attached hydrogen (secondary N) is 1. The van der Waals surface area contributed by atoms with Crippen LogP contribution in [0.25, 0.3) is 11.4 Å². The maximum atomic E-state index is 13.1. The number of rotatable bonds is 4. The number of nitrogens with zero attached hydrogens (tertiary/aromatic N) is 3. The molecule has 4 rings (SSSR count). The van der Waals surface area contributed by atoms with Gasteiger partial charge in [-0.15, -0.1) is 0 Å². The van der Waals surface area contributed by atoms with Crippen molar-refractivity contribution >= 4 is 5.91 Å². The van der Waals surface area contributed by atoms with E-state index in [9.17, 15) is 9.18 Å². The number of carbonyl (C=O) groups excluding carboxylic acids is 1. The molecule has 7 heteroatoms. The maximum absolute atomic E-state index is 13.1. The topological polar surface area (TPSA) is 71.3 Å². The third-order valence-electron chi connectivity index (χ3n) is 5.54. The van der Waals surface area contributed by atoms with E-state index in [1.165, 1.54) is 12.1 Å². The van der Waals surface area contributed by atoms with E-state index in [2.05, 4.69) is 15.5 Å². The normalized spacial score (nSPS) is 22.1. The molecule has 2 saturated heterocycles. The van der Waals surface area contributed by atoms with Gasteiger partial charge in [0, 0.05) is 24.6 Å². The van der Waals surface area contributed by atoms with Crippen molar-refractivity contribution in [3.05, 3.63) is 36.0 Å². The first-order valence-electron chi connectivity index (χ1n) is 9.21. The minimum atomic E-state index is -0.297. The van der Waals surface area contributed by atoms with E-state index in [-0.39, 0.29) is 23.6 Å². The molecule has 138 valence electrons. The molecule has 2 unspecified atom stereocenters. The summed E-state index contributed by atoms with van der Waals surface area (Å²) in [4.78, 5) is 19.2. The molecule has 6 nitrogen and oxygen atoms in total. The smallest absolute Gasteiger partial charge is 0.231 e. The average molecular weight is 358 g/mol. The molecule has 2 aromatic rings. The summed E-state index contributed by atoms with van der Waals surface area (Å²) in [6, 6.07) is 6.02. The number of hydrogen-bond acceptors (Lipinski definition) is 5. The van der Waals surface area contributed by atoms with Crippen molar-refractivity contribution in [1.29, 1.82) is 0 Å². The molecular formula is C19H23FN4O2. The number of benzene rings is 1. The Morgan fingerprint density at radius 3 is 2.81 bits per heavy atom. The van der Waals surface area contributed by atoms with Gasteiger partial charge >= 0.3 is 0 Å². The number of piperidine rings is 1. The Morgan fingerprint density at radius 2 is 2.12 bits per heavy atom. The second-order valence-electron chi connectivity index (χ2n) is 7.29. The highest BCUT2D eigenvalue weighted by Crippen LogP contribution is 2.29. The Hall–Kier alpha value is -2.28. The average Bonchev–Trinajstić information content (AvgIpc) is 3.10. The lowest BCUT2D eigenvalue weighted by molar-refractivity contribution is -0.138. The molecule has 2 aliphatic rings. The predicted octanol–water partition coefficient (Wildman–Crippen LogP) is 2.44. The SMILES string of the molecule is CC(C(=O)N1CCCC(c2nc(-c3ccc(F)cc3)no2)C1)C1CNC1. The third kappa shape index (κ3) is 3.35. The van der Waals surface area contributed by atoms with Crippen LogP contribution >= 0.6 is 0 Å². The van der Waals surface area contributed by atoms with E-state index in [1.54, 1.807) is 12.1 Å². The number of amides is 1. The van der Waals surface area contributed by atoms with Crippen molar-refractivity contribution in [2.75, 3.05) is 26.2 Å². The van der Waals surface area contributed by atoms with Crippen LogP contribution in [0.15, 0.2) is 28.8 Å². The first-order valence-corrected chi connectivity index (χ1v) is 9.21. The first-order chi connectivity index (χ1) is 12.6. The molecule has 1 amide bonds. The second-order valence-corrected chi connectivity index (χ2v) is 7.29. The Kier molecular flexibility index (Phi) is 4.72. The standard InChI is InChI=1S/C19H23FN4O2/c1-12(15-9-21-10-15)19(25)24-8-2-3-14(11-24)18-22-17(23-26-18)13-4-6-16(20)7-5-13/h4-7,12,14-15,21H,2-3,8-11H2,1H3. The van der Waals surface area contributed by atoms with Crippen LogP contribution < -0.4 is 5.32 Å². The van der Waals surface area contributed by atoms with Crippen molar-refractivity contribution in [2.45, 2.75) is 25.7 Å². The zero-order chi connectivity index (χ0) is 18.1. The Balaban J connectivity index is 1.44. The lowest BCUT2D eigenvalue weighted by Gasteiger charge is -2.37. The van der Waals surface area contributed by atoms with Crippen LogP contribution in [0.5, 0.6) is 0 Å². The molecule has 0 spiro atoms. The lowest BCUT2D eigenvalue weighted by atomic mass is 9.87. The van der Waals surface area contributed by atoms with Gasteiger partial charge < -0.3 is 14.7 Å². The molecule has 2 fully saturated rings. The molecule has 0 saturated carbocycles. The highest BCUT2D eigenvalue weighted by atomic mass is 19.1. The number of halogens is 1. The van der Waals surface area contributed by atoms with Crippen LogP contribution in [0.2, 0.25) is 0 Å². The van der Waals surface area contributed by atoms with E-state index in [0.717, 1.165) is 38.0 Å². The number of likely N-dealkylation sites (tertiary alicyclic amines) is 1. The summed E-state index contributed by atoms with van der Waals surface area (Å²) >= 11 is 0. The van der Waals surface area contributed by atoms with E-state index < -0.39 is 0 Å². The third-order valence-corrected chi connectivity index (χ3v) is 5.54. The van der Waals surface area contributed by atoms with Gasteiger partial charge in [0.25, 0.3) is 0 Å². The molecular weight excluding hydrogens is 335 g/mol. The van der Waals surface area contributed by atoms with Gasteiger partial charge in [-0.2, -0.15) is 4.98 Å². The summed E-state index contributed by atoms with van der Waals surface area (Å²) in [7, 11) is 0. The number of aromatic nitrogens is 2. The fraction of sp³-hybridized carbons (Fsp3) is 0.526. The summed E-state index contributed by atoms with van der Waals surface area (Å²) in [5.74, 6) is 1.48. The van der Waals surface area contributed by atoms with Gasteiger partial charge in [0.2, 0.25) is 17.6 Å². The van der Waals surface area contributed by atoms with E-state index in [1.807, 2.05) is 11.8 Å². The van der Waals surface area contributed by atoms with E-state index >= 15 is 0 Å². The number of carbonyl (C=O) groups is 1. The number of hydrogen-bond donors (Lipinski definition) is 1. The largest absolute Gasteiger partial charge is 0.342 e. The van der Waals surface area contributed by atoms with Crippen LogP contribution in [0.1, 0.15) is 31.6 Å². The first kappa shape index (κ1) is 17.1. The van der Waals surface area contributed by atoms with Crippen molar-refractivity contribution in [3.8, 4) is 11.4 Å². The molecule has 2 atom stereocenters. The zero-order valence-corrected chi connectivity index (χ0v) is 14.8. The second kappa shape index (κ2) is 7.15. The van der Waals surface area contributed by atoms with Crippen LogP contribution in [0, 0.1) is 17.7 Å². The molecule has 1 aromatic heterocycles. The summed E-state index contributed by atoms with van der Waals surface area (Å²) < 4.78 is 18.5. The van der Waals surface area contributed by atoms with Crippen LogP contribution in [0.4, 0.5) is 4.39 Å². The molecule has 1 N–H and O–H groups in total. The summed E-state index contributed by atoms with van der Waals surface area (Å²) in [5.41, 5.74) is 0.719. The van der Waals surface area contributed by atoms with Gasteiger partial charge in [-0.1, -0.05) is 12.1 Å². The van der Waals surface area contributed by atoms with Gasteiger partial charge in [0.05, 0.1) is 5.92 Å². The molecule has 3 heterocycles. The highest BCUT2D eigenvalue weighted by molar-refractivity contribution is 5.79. The fourth-order valence-corrected chi connectivity index (χ4v) is 3.65. The molecule has 1 aromatic carbocycles. The van der Waals surface area contributed by atoms with Crippen LogP contribution in [-0.2, 0) is 4.79 Å². The molecule has 26 heavy (non-hydrogen) atoms. The zero-order valence-electron chi connectivity index (χ0n) is 14.8. The molecule has 2 aliphatic heterocycles. The van der Waals surface area contributed by atoms with Gasteiger partial charge in [0.1, 0.15) is 5.82 Å². The van der Waals surface area contributed by atoms with E-state index in [0.29, 0.717) is 24.2 Å². The maximum Gasteiger partial charge on any atom is 0.231 e. The van der Waals surface area contributed by atoms with Crippen molar-refractivity contribution in [1.82, 2.24) is 20.4 Å². The molecule has 0 aliphatic carbocycles. The van der Waals surface area contributed by atoms with Gasteiger partial charge in [-0.05, 0) is 56.1 Å².